The number of aromatic amines is 1. The molecule has 1 heterocycles. The van der Waals surface area contributed by atoms with Gasteiger partial charge in [-0.2, -0.15) is 0 Å². The molecule has 0 bridgehead atoms. The summed E-state index contributed by atoms with van der Waals surface area (Å²) in [4.78, 5) is 20.7. The maximum absolute atomic E-state index is 15.2. The van der Waals surface area contributed by atoms with Crippen molar-refractivity contribution in [1.29, 1.82) is 0 Å². The van der Waals surface area contributed by atoms with E-state index >= 15 is 4.39 Å². The lowest BCUT2D eigenvalue weighted by Crippen LogP contribution is -2.41. The Hall–Kier alpha value is -3.47. The monoisotopic (exact) mass is 631 g/mol. The van der Waals surface area contributed by atoms with Gasteiger partial charge in [-0.1, -0.05) is 43.3 Å². The second kappa shape index (κ2) is 13.0. The van der Waals surface area contributed by atoms with Gasteiger partial charge in [0.05, 0.1) is 52.7 Å². The van der Waals surface area contributed by atoms with Crippen molar-refractivity contribution in [3.8, 4) is 17.0 Å². The van der Waals surface area contributed by atoms with Crippen LogP contribution in [0.5, 0.6) is 5.75 Å². The second-order valence-corrected chi connectivity index (χ2v) is 13.1. The molecule has 3 aromatic carbocycles. The van der Waals surface area contributed by atoms with Gasteiger partial charge in [0.15, 0.2) is 16.7 Å². The zero-order valence-electron chi connectivity index (χ0n) is 24.9. The summed E-state index contributed by atoms with van der Waals surface area (Å²) in [6, 6.07) is 13.3. The average molecular weight is 632 g/mol. The van der Waals surface area contributed by atoms with Crippen LogP contribution in [0.3, 0.4) is 0 Å². The number of halogens is 4. The SMILES string of the molecule is COc1cc(C(C)(C)c2[nH]c(SCc3c(F)cc(C(=O)NCC[N+](C)(C)C)cc3Cl)nc2-c2ccc(F)cc2)ccc1F. The predicted molar refractivity (Wildman–Crippen MR) is 165 cm³/mol. The first-order valence-corrected chi connectivity index (χ1v) is 15.0. The highest BCUT2D eigenvalue weighted by molar-refractivity contribution is 7.98. The number of methoxy groups -OCH3 is 1. The van der Waals surface area contributed by atoms with Crippen molar-refractivity contribution in [2.75, 3.05) is 41.3 Å². The minimum absolute atomic E-state index is 0.110. The fourth-order valence-corrected chi connectivity index (χ4v) is 5.76. The number of nitrogens with one attached hydrogen (secondary N) is 2. The molecule has 0 aliphatic carbocycles. The largest absolute Gasteiger partial charge is 0.494 e. The topological polar surface area (TPSA) is 67.0 Å². The van der Waals surface area contributed by atoms with E-state index in [0.29, 0.717) is 39.7 Å². The summed E-state index contributed by atoms with van der Waals surface area (Å²) in [5.41, 5.74) is 2.38. The van der Waals surface area contributed by atoms with Gasteiger partial charge in [-0.3, -0.25) is 4.79 Å². The summed E-state index contributed by atoms with van der Waals surface area (Å²) in [6.45, 7) is 5.07. The molecule has 0 aliphatic rings. The first-order chi connectivity index (χ1) is 20.2. The first-order valence-electron chi connectivity index (χ1n) is 13.6. The number of H-pyrrole nitrogens is 1. The van der Waals surface area contributed by atoms with E-state index in [4.69, 9.17) is 21.3 Å². The van der Waals surface area contributed by atoms with Crippen LogP contribution in [0, 0.1) is 17.5 Å². The lowest BCUT2D eigenvalue weighted by molar-refractivity contribution is -0.869. The van der Waals surface area contributed by atoms with Crippen molar-refractivity contribution in [3.05, 3.63) is 99.5 Å². The van der Waals surface area contributed by atoms with Crippen LogP contribution in [0.15, 0.2) is 59.8 Å². The van der Waals surface area contributed by atoms with Crippen molar-refractivity contribution >= 4 is 29.3 Å². The first kappa shape index (κ1) is 32.4. The number of hydrogen-bond donors (Lipinski definition) is 2. The van der Waals surface area contributed by atoms with E-state index in [1.54, 1.807) is 24.3 Å². The minimum Gasteiger partial charge on any atom is -0.494 e. The third kappa shape index (κ3) is 7.74. The van der Waals surface area contributed by atoms with Gasteiger partial charge in [-0.15, -0.1) is 0 Å². The van der Waals surface area contributed by atoms with Crippen LogP contribution < -0.4 is 10.1 Å². The van der Waals surface area contributed by atoms with Crippen LogP contribution >= 0.6 is 23.4 Å². The highest BCUT2D eigenvalue weighted by Crippen LogP contribution is 2.40. The number of quaternary nitrogens is 1. The molecule has 0 radical (unpaired) electrons. The molecule has 4 aromatic rings. The molecule has 0 spiro atoms. The predicted octanol–water partition coefficient (Wildman–Crippen LogP) is 7.21. The zero-order valence-corrected chi connectivity index (χ0v) is 26.5. The molecule has 0 saturated heterocycles. The molecule has 11 heteroatoms. The second-order valence-electron chi connectivity index (χ2n) is 11.7. The van der Waals surface area contributed by atoms with Crippen molar-refractivity contribution in [2.45, 2.75) is 30.2 Å². The van der Waals surface area contributed by atoms with Gasteiger partial charge >= 0.3 is 0 Å². The van der Waals surface area contributed by atoms with Crippen molar-refractivity contribution in [2.24, 2.45) is 0 Å². The van der Waals surface area contributed by atoms with E-state index in [1.807, 2.05) is 35.0 Å². The molecule has 228 valence electrons. The van der Waals surface area contributed by atoms with E-state index in [1.165, 1.54) is 49.2 Å². The molecule has 1 amide bonds. The molecule has 4 rings (SSSR count). The zero-order chi connectivity index (χ0) is 31.5. The Bertz CT molecular complexity index is 1600. The van der Waals surface area contributed by atoms with Crippen LogP contribution in [-0.4, -0.2) is 61.7 Å². The highest BCUT2D eigenvalue weighted by atomic mass is 35.5. The molecule has 6 nitrogen and oxygen atoms in total. The molecule has 1 aromatic heterocycles. The number of rotatable bonds is 11. The van der Waals surface area contributed by atoms with Gasteiger partial charge in [-0.25, -0.2) is 18.2 Å². The number of carbonyl (C=O) groups excluding carboxylic acids is 1. The summed E-state index contributed by atoms with van der Waals surface area (Å²) in [6.07, 6.45) is 0. The van der Waals surface area contributed by atoms with Crippen molar-refractivity contribution in [1.82, 2.24) is 15.3 Å². The molecule has 43 heavy (non-hydrogen) atoms. The van der Waals surface area contributed by atoms with E-state index in [-0.39, 0.29) is 33.5 Å². The van der Waals surface area contributed by atoms with E-state index in [0.717, 1.165) is 5.56 Å². The lowest BCUT2D eigenvalue weighted by Gasteiger charge is -2.26. The summed E-state index contributed by atoms with van der Waals surface area (Å²) in [7, 11) is 7.45. The maximum atomic E-state index is 15.2. The Morgan fingerprint density at radius 2 is 1.74 bits per heavy atom. The number of hydrogen-bond acceptors (Lipinski definition) is 4. The van der Waals surface area contributed by atoms with Gasteiger partial charge in [0, 0.05) is 32.9 Å². The Morgan fingerprint density at radius 3 is 2.37 bits per heavy atom. The number of imidazole rings is 1. The number of thioether (sulfide) groups is 1. The fourth-order valence-electron chi connectivity index (χ4n) is 4.50. The Morgan fingerprint density at radius 1 is 1.05 bits per heavy atom. The molecule has 2 N–H and O–H groups in total. The summed E-state index contributed by atoms with van der Waals surface area (Å²) >= 11 is 7.68. The molecule has 0 atom stereocenters. The molecular formula is C32H35ClF3N4O2S+. The Balaban J connectivity index is 1.62. The van der Waals surface area contributed by atoms with Crippen LogP contribution in [0.25, 0.3) is 11.3 Å². The quantitative estimate of drug-likeness (QED) is 0.136. The number of amides is 1. The number of aromatic nitrogens is 2. The van der Waals surface area contributed by atoms with E-state index < -0.39 is 23.0 Å². The Kier molecular flexibility index (Phi) is 9.83. The highest BCUT2D eigenvalue weighted by Gasteiger charge is 2.31. The summed E-state index contributed by atoms with van der Waals surface area (Å²) in [5, 5.41) is 3.41. The number of nitrogens with zero attached hydrogens (tertiary/aromatic N) is 2. The van der Waals surface area contributed by atoms with Crippen LogP contribution in [-0.2, 0) is 11.2 Å². The third-order valence-corrected chi connectivity index (χ3v) is 8.36. The van der Waals surface area contributed by atoms with Crippen LogP contribution in [0.4, 0.5) is 13.2 Å². The maximum Gasteiger partial charge on any atom is 0.251 e. The van der Waals surface area contributed by atoms with Crippen molar-refractivity contribution in [3.63, 3.8) is 0 Å². The number of benzene rings is 3. The van der Waals surface area contributed by atoms with Crippen molar-refractivity contribution < 1.29 is 27.2 Å². The molecule has 0 aliphatic heterocycles. The van der Waals surface area contributed by atoms with Gasteiger partial charge in [-0.05, 0) is 54.1 Å². The van der Waals surface area contributed by atoms with Crippen LogP contribution in [0.1, 0.15) is 41.0 Å². The third-order valence-electron chi connectivity index (χ3n) is 7.12. The average Bonchev–Trinajstić information content (AvgIpc) is 3.37. The number of carbonyl (C=O) groups is 1. The Labute approximate surface area is 259 Å². The van der Waals surface area contributed by atoms with Gasteiger partial charge < -0.3 is 19.5 Å². The number of ether oxygens (including phenoxy) is 1. The van der Waals surface area contributed by atoms with Gasteiger partial charge in [0.2, 0.25) is 0 Å². The minimum atomic E-state index is -0.708. The summed E-state index contributed by atoms with van der Waals surface area (Å²) < 4.78 is 49.0. The molecule has 0 unspecified atom stereocenters. The van der Waals surface area contributed by atoms with E-state index in [9.17, 15) is 13.6 Å². The fraction of sp³-hybridized carbons (Fsp3) is 0.312. The van der Waals surface area contributed by atoms with Crippen LogP contribution in [0.2, 0.25) is 5.02 Å². The summed E-state index contributed by atoms with van der Waals surface area (Å²) in [5.74, 6) is -1.61. The smallest absolute Gasteiger partial charge is 0.251 e. The number of likely N-dealkylation sites (N-methyl/N-ethyl adjacent to an activating group) is 1. The van der Waals surface area contributed by atoms with E-state index in [2.05, 4.69) is 10.3 Å². The molecular weight excluding hydrogens is 597 g/mol. The van der Waals surface area contributed by atoms with Gasteiger partial charge in [0.1, 0.15) is 11.6 Å². The molecule has 0 fully saturated rings. The van der Waals surface area contributed by atoms with Gasteiger partial charge in [0.25, 0.3) is 5.91 Å². The normalized spacial score (nSPS) is 12.0. The lowest BCUT2D eigenvalue weighted by atomic mass is 9.79. The standard InChI is InChI=1S/C32H34ClF3N4O2S/c1-32(2,21-9-12-25(35)27(17-21)42-6)29-28(19-7-10-22(34)11-8-19)38-31(39-29)43-18-23-24(33)15-20(16-26(23)36)30(41)37-13-14-40(3,4)5/h7-12,15-17H,13-14,18H2,1-6H3,(H-,37,38,39,41)/p+1. The molecule has 0 saturated carbocycles.